The van der Waals surface area contributed by atoms with Crippen LogP contribution in [-0.4, -0.2) is 82.5 Å². The molecule has 1 saturated heterocycles. The molecule has 13 heteroatoms. The Bertz CT molecular complexity index is 1030. The van der Waals surface area contributed by atoms with Gasteiger partial charge in [0.2, 0.25) is 0 Å². The highest BCUT2D eigenvalue weighted by atomic mass is 16.6. The fourth-order valence-corrected chi connectivity index (χ4v) is 3.02. The van der Waals surface area contributed by atoms with Gasteiger partial charge < -0.3 is 31.1 Å². The average Bonchev–Trinajstić information content (AvgIpc) is 3.40. The number of rotatable bonds is 4. The summed E-state index contributed by atoms with van der Waals surface area (Å²) in [6.07, 6.45) is -0.418. The van der Waals surface area contributed by atoms with Crippen LogP contribution in [0.4, 0.5) is 5.82 Å². The minimum Gasteiger partial charge on any atom is -0.394 e. The number of amides is 1. The first-order valence-corrected chi connectivity index (χ1v) is 8.34. The fraction of sp³-hybridized carbons (Fsp3) is 0.400. The molecule has 1 fully saturated rings. The van der Waals surface area contributed by atoms with Crippen molar-refractivity contribution in [3.8, 4) is 5.95 Å². The highest BCUT2D eigenvalue weighted by Gasteiger charge is 2.44. The van der Waals surface area contributed by atoms with Crippen molar-refractivity contribution in [2.45, 2.75) is 24.5 Å². The van der Waals surface area contributed by atoms with Gasteiger partial charge in [0.25, 0.3) is 11.9 Å². The Morgan fingerprint density at radius 1 is 1.36 bits per heavy atom. The maximum absolute atomic E-state index is 11.7. The molecule has 0 radical (unpaired) electrons. The van der Waals surface area contributed by atoms with E-state index in [2.05, 4.69) is 25.4 Å². The molecule has 13 nitrogen and oxygen atoms in total. The summed E-state index contributed by atoms with van der Waals surface area (Å²) >= 11 is 0. The third-order valence-corrected chi connectivity index (χ3v) is 4.50. The zero-order valence-corrected chi connectivity index (χ0v) is 14.7. The Hall–Kier alpha value is -3.13. The van der Waals surface area contributed by atoms with Crippen LogP contribution < -0.4 is 11.1 Å². The van der Waals surface area contributed by atoms with Crippen LogP contribution in [0.1, 0.15) is 16.6 Å². The van der Waals surface area contributed by atoms with Crippen molar-refractivity contribution in [1.29, 1.82) is 0 Å². The molecular weight excluding hydrogens is 372 g/mol. The molecule has 3 aromatic rings. The predicted molar refractivity (Wildman–Crippen MR) is 93.3 cm³/mol. The molecule has 1 aliphatic rings. The quantitative estimate of drug-likeness (QED) is 0.320. The maximum Gasteiger partial charge on any atom is 0.254 e. The number of nitrogen functional groups attached to an aromatic ring is 1. The van der Waals surface area contributed by atoms with Crippen molar-refractivity contribution in [2.24, 2.45) is 0 Å². The van der Waals surface area contributed by atoms with Gasteiger partial charge in [-0.2, -0.15) is 15.1 Å². The summed E-state index contributed by atoms with van der Waals surface area (Å²) in [5.41, 5.74) is 6.78. The van der Waals surface area contributed by atoms with E-state index in [4.69, 9.17) is 10.5 Å². The van der Waals surface area contributed by atoms with E-state index in [0.717, 1.165) is 0 Å². The monoisotopic (exact) mass is 390 g/mol. The molecule has 6 N–H and O–H groups in total. The Labute approximate surface area is 157 Å². The molecule has 0 aromatic carbocycles. The van der Waals surface area contributed by atoms with E-state index >= 15 is 0 Å². The standard InChI is InChI=1S/C15H18N8O5/c1-17-13(27)6-2-19-23(3-6)15-20-11(16)8-12(21-15)22(5-18-8)14-10(26)9(25)7(4-24)28-14/h2-3,5,7,9-10,14,24-26H,4H2,1H3,(H,17,27)(H2,16,20,21)/t7-,9-,10-,14?/m0/s1. The summed E-state index contributed by atoms with van der Waals surface area (Å²) in [7, 11) is 1.50. The van der Waals surface area contributed by atoms with E-state index in [1.807, 2.05) is 0 Å². The normalized spacial score (nSPS) is 24.7. The molecule has 4 rings (SSSR count). The van der Waals surface area contributed by atoms with Crippen molar-refractivity contribution < 1.29 is 24.9 Å². The van der Waals surface area contributed by atoms with E-state index in [0.29, 0.717) is 5.56 Å². The van der Waals surface area contributed by atoms with Gasteiger partial charge in [0.15, 0.2) is 17.7 Å². The number of nitrogens with zero attached hydrogens (tertiary/aromatic N) is 6. The second-order valence-electron chi connectivity index (χ2n) is 6.21. The van der Waals surface area contributed by atoms with E-state index in [1.165, 1.54) is 35.0 Å². The first-order chi connectivity index (χ1) is 13.4. The number of nitrogens with one attached hydrogen (secondary N) is 1. The molecule has 0 saturated carbocycles. The largest absolute Gasteiger partial charge is 0.394 e. The van der Waals surface area contributed by atoms with Crippen LogP contribution in [0.15, 0.2) is 18.7 Å². The molecule has 0 spiro atoms. The van der Waals surface area contributed by atoms with Gasteiger partial charge in [-0.25, -0.2) is 9.67 Å². The van der Waals surface area contributed by atoms with Gasteiger partial charge in [-0.05, 0) is 0 Å². The third-order valence-electron chi connectivity index (χ3n) is 4.50. The molecule has 3 aromatic heterocycles. The van der Waals surface area contributed by atoms with Crippen molar-refractivity contribution in [1.82, 2.24) is 34.6 Å². The summed E-state index contributed by atoms with van der Waals surface area (Å²) < 4.78 is 8.18. The van der Waals surface area contributed by atoms with E-state index in [1.54, 1.807) is 0 Å². The van der Waals surface area contributed by atoms with Crippen molar-refractivity contribution in [2.75, 3.05) is 19.4 Å². The second-order valence-corrected chi connectivity index (χ2v) is 6.21. The molecule has 148 valence electrons. The topological polar surface area (TPSA) is 186 Å². The van der Waals surface area contributed by atoms with Gasteiger partial charge >= 0.3 is 0 Å². The lowest BCUT2D eigenvalue weighted by molar-refractivity contribution is -0.0511. The SMILES string of the molecule is CNC(=O)c1cnn(-c2nc(N)c3ncn(C4O[C@@H](CO)[C@H](O)[C@@H]4O)c3n2)c1. The lowest BCUT2D eigenvalue weighted by Gasteiger charge is -2.16. The van der Waals surface area contributed by atoms with Crippen LogP contribution in [0.25, 0.3) is 17.1 Å². The lowest BCUT2D eigenvalue weighted by atomic mass is 10.1. The Kier molecular flexibility index (Phi) is 4.43. The highest BCUT2D eigenvalue weighted by molar-refractivity contribution is 5.93. The van der Waals surface area contributed by atoms with Crippen molar-refractivity contribution >= 4 is 22.9 Å². The Balaban J connectivity index is 1.77. The number of carbonyl (C=O) groups excluding carboxylic acids is 1. The van der Waals surface area contributed by atoms with Gasteiger partial charge in [0.1, 0.15) is 23.8 Å². The molecule has 1 unspecified atom stereocenters. The number of aliphatic hydroxyl groups excluding tert-OH is 3. The number of aliphatic hydroxyl groups is 3. The van der Waals surface area contributed by atoms with E-state index in [9.17, 15) is 20.1 Å². The summed E-state index contributed by atoms with van der Waals surface area (Å²) in [5, 5.41) is 36.1. The Morgan fingerprint density at radius 3 is 2.82 bits per heavy atom. The van der Waals surface area contributed by atoms with E-state index < -0.39 is 31.1 Å². The average molecular weight is 390 g/mol. The lowest BCUT2D eigenvalue weighted by Crippen LogP contribution is -2.33. The number of hydrogen-bond acceptors (Lipinski definition) is 10. The molecule has 28 heavy (non-hydrogen) atoms. The zero-order valence-electron chi connectivity index (χ0n) is 14.7. The summed E-state index contributed by atoms with van der Waals surface area (Å²) in [4.78, 5) is 24.4. The minimum absolute atomic E-state index is 0.0579. The van der Waals surface area contributed by atoms with Gasteiger partial charge in [0.05, 0.1) is 24.7 Å². The van der Waals surface area contributed by atoms with Gasteiger partial charge in [-0.15, -0.1) is 0 Å². The molecular formula is C15H18N8O5. The molecule has 0 aliphatic carbocycles. The second kappa shape index (κ2) is 6.79. The minimum atomic E-state index is -1.31. The smallest absolute Gasteiger partial charge is 0.254 e. The van der Waals surface area contributed by atoms with Gasteiger partial charge in [-0.3, -0.25) is 9.36 Å². The molecule has 1 amide bonds. The van der Waals surface area contributed by atoms with Crippen LogP contribution in [0, 0.1) is 0 Å². The van der Waals surface area contributed by atoms with Crippen LogP contribution in [0.3, 0.4) is 0 Å². The number of fused-ring (bicyclic) bond motifs is 1. The number of aromatic nitrogens is 6. The van der Waals surface area contributed by atoms with Gasteiger partial charge in [0, 0.05) is 13.2 Å². The number of carbonyl (C=O) groups is 1. The van der Waals surface area contributed by atoms with Crippen LogP contribution >= 0.6 is 0 Å². The van der Waals surface area contributed by atoms with Crippen LogP contribution in [-0.2, 0) is 4.74 Å². The maximum atomic E-state index is 11.7. The third kappa shape index (κ3) is 2.77. The molecule has 0 bridgehead atoms. The van der Waals surface area contributed by atoms with Crippen molar-refractivity contribution in [3.63, 3.8) is 0 Å². The zero-order chi connectivity index (χ0) is 20.0. The first-order valence-electron chi connectivity index (χ1n) is 8.34. The number of imidazole rings is 1. The summed E-state index contributed by atoms with van der Waals surface area (Å²) in [6, 6.07) is 0. The first kappa shape index (κ1) is 18.2. The number of hydrogen-bond donors (Lipinski definition) is 5. The van der Waals surface area contributed by atoms with E-state index in [-0.39, 0.29) is 28.8 Å². The van der Waals surface area contributed by atoms with Gasteiger partial charge in [-0.1, -0.05) is 0 Å². The molecule has 4 atom stereocenters. The fourth-order valence-electron chi connectivity index (χ4n) is 3.02. The number of ether oxygens (including phenoxy) is 1. The van der Waals surface area contributed by atoms with Crippen molar-refractivity contribution in [3.05, 3.63) is 24.3 Å². The highest BCUT2D eigenvalue weighted by Crippen LogP contribution is 2.32. The summed E-state index contributed by atoms with van der Waals surface area (Å²) in [6.45, 7) is -0.459. The number of anilines is 1. The van der Waals surface area contributed by atoms with Crippen LogP contribution in [0.5, 0.6) is 0 Å². The predicted octanol–water partition coefficient (Wildman–Crippen LogP) is -2.43. The number of nitrogens with two attached hydrogens (primary N) is 1. The van der Waals surface area contributed by atoms with Crippen LogP contribution in [0.2, 0.25) is 0 Å². The molecule has 1 aliphatic heterocycles. The Morgan fingerprint density at radius 2 is 2.14 bits per heavy atom. The molecule has 4 heterocycles. The summed E-state index contributed by atoms with van der Waals surface area (Å²) in [5.74, 6) is -0.187.